The Morgan fingerprint density at radius 2 is 2.32 bits per heavy atom. The van der Waals surface area contributed by atoms with E-state index in [9.17, 15) is 4.79 Å². The molecule has 0 amide bonds. The number of aryl methyl sites for hydroxylation is 1. The van der Waals surface area contributed by atoms with Crippen molar-refractivity contribution in [2.75, 3.05) is 0 Å². The summed E-state index contributed by atoms with van der Waals surface area (Å²) in [4.78, 5) is 15.5. The first-order valence-electron chi connectivity index (χ1n) is 6.31. The molecule has 2 heterocycles. The summed E-state index contributed by atoms with van der Waals surface area (Å²) in [5.74, 6) is -0.0375. The molecule has 0 radical (unpaired) electrons. The minimum atomic E-state index is -0.928. The Labute approximate surface area is 110 Å². The summed E-state index contributed by atoms with van der Waals surface area (Å²) >= 11 is 0. The molecule has 3 N–H and O–H groups in total. The van der Waals surface area contributed by atoms with Crippen LogP contribution in [0.5, 0.6) is 0 Å². The average Bonchev–Trinajstić information content (AvgIpc) is 2.84. The molecule has 0 saturated carbocycles. The van der Waals surface area contributed by atoms with Crippen LogP contribution in [0, 0.1) is 0 Å². The van der Waals surface area contributed by atoms with Crippen molar-refractivity contribution in [3.05, 3.63) is 41.9 Å². The molecule has 0 aliphatic carbocycles. The van der Waals surface area contributed by atoms with Crippen molar-refractivity contribution in [1.82, 2.24) is 9.55 Å². The molecule has 0 saturated heterocycles. The minimum absolute atomic E-state index is 0.0230. The van der Waals surface area contributed by atoms with Gasteiger partial charge in [0, 0.05) is 18.3 Å². The molecule has 1 aromatic heterocycles. The maximum Gasteiger partial charge on any atom is 0.335 e. The second-order valence-electron chi connectivity index (χ2n) is 4.81. The van der Waals surface area contributed by atoms with Crippen LogP contribution in [-0.2, 0) is 6.54 Å². The predicted octanol–water partition coefficient (Wildman–Crippen LogP) is 2.04. The summed E-state index contributed by atoms with van der Waals surface area (Å²) in [5.41, 5.74) is 7.91. The number of aromatic carboxylic acids is 1. The zero-order valence-corrected chi connectivity index (χ0v) is 10.4. The normalized spacial score (nSPS) is 18.1. The topological polar surface area (TPSA) is 81.1 Å². The fourth-order valence-electron chi connectivity index (χ4n) is 2.47. The average molecular weight is 257 g/mol. The van der Waals surface area contributed by atoms with Crippen molar-refractivity contribution in [1.29, 1.82) is 0 Å². The monoisotopic (exact) mass is 257 g/mol. The van der Waals surface area contributed by atoms with Crippen LogP contribution < -0.4 is 5.73 Å². The first kappa shape index (κ1) is 11.9. The van der Waals surface area contributed by atoms with Gasteiger partial charge >= 0.3 is 5.97 Å². The van der Waals surface area contributed by atoms with Gasteiger partial charge in [0.15, 0.2) is 0 Å². The van der Waals surface area contributed by atoms with Crippen LogP contribution in [-0.4, -0.2) is 20.6 Å². The summed E-state index contributed by atoms with van der Waals surface area (Å²) in [6.07, 6.45) is 3.96. The molecular weight excluding hydrogens is 242 g/mol. The highest BCUT2D eigenvalue weighted by Gasteiger charge is 2.20. The maximum absolute atomic E-state index is 11.0. The van der Waals surface area contributed by atoms with E-state index in [0.29, 0.717) is 0 Å². The van der Waals surface area contributed by atoms with Crippen molar-refractivity contribution in [2.24, 2.45) is 5.73 Å². The van der Waals surface area contributed by atoms with Gasteiger partial charge < -0.3 is 15.4 Å². The zero-order chi connectivity index (χ0) is 13.4. The number of benzene rings is 1. The molecule has 98 valence electrons. The van der Waals surface area contributed by atoms with Crippen molar-refractivity contribution >= 4 is 5.97 Å². The largest absolute Gasteiger partial charge is 0.478 e. The Morgan fingerprint density at radius 3 is 3.05 bits per heavy atom. The predicted molar refractivity (Wildman–Crippen MR) is 70.8 cm³/mol. The summed E-state index contributed by atoms with van der Waals surface area (Å²) in [7, 11) is 0. The highest BCUT2D eigenvalue weighted by atomic mass is 16.4. The fraction of sp³-hybridized carbons (Fsp3) is 0.286. The molecule has 5 heteroatoms. The van der Waals surface area contributed by atoms with E-state index in [1.165, 1.54) is 0 Å². The van der Waals surface area contributed by atoms with Crippen LogP contribution >= 0.6 is 0 Å². The number of imidazole rings is 1. The van der Waals surface area contributed by atoms with Crippen molar-refractivity contribution < 1.29 is 9.90 Å². The van der Waals surface area contributed by atoms with Crippen LogP contribution in [0.15, 0.2) is 30.5 Å². The van der Waals surface area contributed by atoms with Gasteiger partial charge in [0.25, 0.3) is 0 Å². The van der Waals surface area contributed by atoms with E-state index >= 15 is 0 Å². The van der Waals surface area contributed by atoms with E-state index in [2.05, 4.69) is 9.55 Å². The Balaban J connectivity index is 2.03. The molecule has 1 atom stereocenters. The molecule has 1 unspecified atom stereocenters. The van der Waals surface area contributed by atoms with Gasteiger partial charge in [0.05, 0.1) is 17.3 Å². The number of aromatic nitrogens is 2. The molecule has 5 nitrogen and oxygen atoms in total. The summed E-state index contributed by atoms with van der Waals surface area (Å²) in [6, 6.07) is 6.80. The number of nitrogens with two attached hydrogens (primary N) is 1. The third-order valence-corrected chi connectivity index (χ3v) is 3.46. The lowest BCUT2D eigenvalue weighted by atomic mass is 10.1. The standard InChI is InChI=1S/C14H15N3O2/c15-11-5-2-6-17-8-12(16-13(11)17)9-3-1-4-10(7-9)14(18)19/h1,3-4,7-8,11H,2,5-6,15H2,(H,18,19). The molecule has 2 aromatic rings. The van der Waals surface area contributed by atoms with Crippen molar-refractivity contribution in [3.63, 3.8) is 0 Å². The van der Waals surface area contributed by atoms with Crippen LogP contribution in [0.4, 0.5) is 0 Å². The summed E-state index contributed by atoms with van der Waals surface area (Å²) in [5, 5.41) is 9.01. The van der Waals surface area contributed by atoms with Crippen LogP contribution in [0.3, 0.4) is 0 Å². The molecule has 3 rings (SSSR count). The van der Waals surface area contributed by atoms with Gasteiger partial charge in [-0.2, -0.15) is 0 Å². The Hall–Kier alpha value is -2.14. The third-order valence-electron chi connectivity index (χ3n) is 3.46. The summed E-state index contributed by atoms with van der Waals surface area (Å²) < 4.78 is 2.07. The van der Waals surface area contributed by atoms with Gasteiger partial charge in [-0.15, -0.1) is 0 Å². The maximum atomic E-state index is 11.0. The lowest BCUT2D eigenvalue weighted by molar-refractivity contribution is 0.0697. The SMILES string of the molecule is NC1CCCn2cc(-c3cccc(C(=O)O)c3)nc21. The number of carbonyl (C=O) groups is 1. The number of carboxylic acid groups (broad SMARTS) is 1. The van der Waals surface area contributed by atoms with Gasteiger partial charge in [-0.05, 0) is 25.0 Å². The van der Waals surface area contributed by atoms with Gasteiger partial charge in [-0.3, -0.25) is 0 Å². The summed E-state index contributed by atoms with van der Waals surface area (Å²) in [6.45, 7) is 0.925. The van der Waals surface area contributed by atoms with Crippen LogP contribution in [0.2, 0.25) is 0 Å². The molecule has 1 aromatic carbocycles. The van der Waals surface area contributed by atoms with E-state index in [4.69, 9.17) is 10.8 Å². The molecular formula is C14H15N3O2. The lowest BCUT2D eigenvalue weighted by Gasteiger charge is -2.19. The van der Waals surface area contributed by atoms with Gasteiger partial charge in [-0.25, -0.2) is 9.78 Å². The highest BCUT2D eigenvalue weighted by molar-refractivity contribution is 5.89. The molecule has 1 aliphatic heterocycles. The number of hydrogen-bond acceptors (Lipinski definition) is 3. The van der Waals surface area contributed by atoms with Crippen LogP contribution in [0.25, 0.3) is 11.3 Å². The zero-order valence-electron chi connectivity index (χ0n) is 10.4. The Bertz CT molecular complexity index is 633. The van der Waals surface area contributed by atoms with Crippen LogP contribution in [0.1, 0.15) is 35.1 Å². The molecule has 0 bridgehead atoms. The lowest BCUT2D eigenvalue weighted by Crippen LogP contribution is -2.21. The highest BCUT2D eigenvalue weighted by Crippen LogP contribution is 2.27. The minimum Gasteiger partial charge on any atom is -0.478 e. The Kier molecular flexibility index (Phi) is 2.83. The second kappa shape index (κ2) is 4.51. The van der Waals surface area contributed by atoms with Gasteiger partial charge in [0.2, 0.25) is 0 Å². The van der Waals surface area contributed by atoms with E-state index in [-0.39, 0.29) is 11.6 Å². The number of rotatable bonds is 2. The molecule has 1 aliphatic rings. The van der Waals surface area contributed by atoms with Gasteiger partial charge in [0.1, 0.15) is 5.82 Å². The van der Waals surface area contributed by atoms with Crippen molar-refractivity contribution in [3.8, 4) is 11.3 Å². The molecule has 0 spiro atoms. The van der Waals surface area contributed by atoms with E-state index < -0.39 is 5.97 Å². The second-order valence-corrected chi connectivity index (χ2v) is 4.81. The quantitative estimate of drug-likeness (QED) is 0.862. The number of carboxylic acids is 1. The first-order valence-corrected chi connectivity index (χ1v) is 6.31. The number of fused-ring (bicyclic) bond motifs is 1. The first-order chi connectivity index (χ1) is 9.15. The fourth-order valence-corrected chi connectivity index (χ4v) is 2.47. The molecule has 0 fully saturated rings. The number of hydrogen-bond donors (Lipinski definition) is 2. The van der Waals surface area contributed by atoms with Crippen molar-refractivity contribution in [2.45, 2.75) is 25.4 Å². The van der Waals surface area contributed by atoms with E-state index in [1.807, 2.05) is 12.3 Å². The van der Waals surface area contributed by atoms with E-state index in [0.717, 1.165) is 36.5 Å². The third kappa shape index (κ3) is 2.13. The molecule has 19 heavy (non-hydrogen) atoms. The van der Waals surface area contributed by atoms with E-state index in [1.54, 1.807) is 18.2 Å². The Morgan fingerprint density at radius 1 is 1.47 bits per heavy atom. The van der Waals surface area contributed by atoms with Gasteiger partial charge in [-0.1, -0.05) is 12.1 Å². The smallest absolute Gasteiger partial charge is 0.335 e. The number of nitrogens with zero attached hydrogens (tertiary/aromatic N) is 2.